The molecule has 0 fully saturated rings. The molecule has 2 aliphatic rings. The molecule has 2 aliphatic carbocycles. The van der Waals surface area contributed by atoms with Crippen molar-refractivity contribution >= 4 is 33.0 Å². The van der Waals surface area contributed by atoms with Crippen LogP contribution in [0.3, 0.4) is 0 Å². The van der Waals surface area contributed by atoms with Gasteiger partial charge in [0, 0.05) is 12.4 Å². The van der Waals surface area contributed by atoms with Crippen molar-refractivity contribution in [3.63, 3.8) is 0 Å². The normalized spacial score (nSPS) is 14.9. The Hall–Kier alpha value is -1.87. The van der Waals surface area contributed by atoms with Gasteiger partial charge in [-0.3, -0.25) is 9.78 Å². The van der Waals surface area contributed by atoms with Crippen molar-refractivity contribution in [2.45, 2.75) is 38.5 Å². The van der Waals surface area contributed by atoms with Gasteiger partial charge in [0.15, 0.2) is 6.03 Å². The number of benzene rings is 1. The Kier molecular flexibility index (Phi) is 5.46. The number of carbonyl (C=O) groups is 1. The summed E-state index contributed by atoms with van der Waals surface area (Å²) in [5, 5.41) is 2.80. The molecule has 2 aromatic heterocycles. The van der Waals surface area contributed by atoms with Gasteiger partial charge in [-0.15, -0.1) is 0 Å². The molecule has 144 valence electrons. The largest absolute Gasteiger partial charge is 1.00 e. The number of pyridine rings is 1. The van der Waals surface area contributed by atoms with Crippen LogP contribution in [0.2, 0.25) is 0 Å². The minimum Gasteiger partial charge on any atom is -0.423 e. The van der Waals surface area contributed by atoms with Gasteiger partial charge in [0.05, 0.1) is 11.0 Å². The summed E-state index contributed by atoms with van der Waals surface area (Å²) in [6.45, 7) is 0. The van der Waals surface area contributed by atoms with Gasteiger partial charge in [0.1, 0.15) is 0 Å². The van der Waals surface area contributed by atoms with Crippen LogP contribution < -0.4 is 34.9 Å². The monoisotopic (exact) mass is 418 g/mol. The minimum atomic E-state index is -4.20. The van der Waals surface area contributed by atoms with Gasteiger partial charge >= 0.3 is 29.6 Å². The van der Waals surface area contributed by atoms with Gasteiger partial charge in [0.2, 0.25) is 0 Å². The third kappa shape index (κ3) is 3.59. The SMILES string of the molecule is O=C([N-]S(=O)(=O)n1ccc2ncccc21)Nc1c2c(cc3c1CCC3)CCC2.[Na+]. The van der Waals surface area contributed by atoms with Gasteiger partial charge in [-0.25, -0.2) is 12.4 Å². The van der Waals surface area contributed by atoms with E-state index in [1.807, 2.05) is 0 Å². The number of hydrogen-bond acceptors (Lipinski definition) is 4. The molecule has 0 atom stereocenters. The Labute approximate surface area is 191 Å². The predicted octanol–water partition coefficient (Wildman–Crippen LogP) is 0.716. The first kappa shape index (κ1) is 20.4. The smallest absolute Gasteiger partial charge is 0.423 e. The van der Waals surface area contributed by atoms with Crippen molar-refractivity contribution in [3.05, 3.63) is 63.6 Å². The van der Waals surface area contributed by atoms with Crippen molar-refractivity contribution in [1.82, 2.24) is 8.96 Å². The van der Waals surface area contributed by atoms with Crippen LogP contribution in [-0.2, 0) is 35.9 Å². The van der Waals surface area contributed by atoms with Crippen LogP contribution in [0.5, 0.6) is 0 Å². The molecular formula is C20H19N4NaO3S. The van der Waals surface area contributed by atoms with Gasteiger partial charge in [-0.05, 0) is 84.7 Å². The first-order valence-corrected chi connectivity index (χ1v) is 10.8. The fraction of sp³-hybridized carbons (Fsp3) is 0.300. The number of rotatable bonds is 3. The van der Waals surface area contributed by atoms with Crippen molar-refractivity contribution in [3.8, 4) is 0 Å². The van der Waals surface area contributed by atoms with Crippen LogP contribution in [0.25, 0.3) is 15.8 Å². The van der Waals surface area contributed by atoms with Crippen molar-refractivity contribution in [2.75, 3.05) is 5.32 Å². The number of hydrogen-bond donors (Lipinski definition) is 1. The second kappa shape index (κ2) is 7.75. The second-order valence-electron chi connectivity index (χ2n) is 7.25. The molecule has 9 heteroatoms. The molecule has 29 heavy (non-hydrogen) atoms. The first-order valence-electron chi connectivity index (χ1n) is 9.41. The van der Waals surface area contributed by atoms with E-state index in [-0.39, 0.29) is 29.6 Å². The molecule has 7 nitrogen and oxygen atoms in total. The van der Waals surface area contributed by atoms with Crippen molar-refractivity contribution in [1.29, 1.82) is 0 Å². The zero-order chi connectivity index (χ0) is 19.3. The maximum Gasteiger partial charge on any atom is 1.00 e. The average molecular weight is 418 g/mol. The number of nitrogens with one attached hydrogen (secondary N) is 1. The number of carbonyl (C=O) groups excluding carboxylic acids is 1. The quantitative estimate of drug-likeness (QED) is 0.634. The Morgan fingerprint density at radius 1 is 1.07 bits per heavy atom. The molecule has 1 aromatic carbocycles. The second-order valence-corrected chi connectivity index (χ2v) is 8.72. The number of aryl methyl sites for hydroxylation is 2. The number of amides is 2. The molecule has 1 N–H and O–H groups in total. The van der Waals surface area contributed by atoms with Crippen LogP contribution in [0.1, 0.15) is 35.1 Å². The summed E-state index contributed by atoms with van der Waals surface area (Å²) in [7, 11) is -4.20. The Balaban J connectivity index is 0.00000205. The number of aromatic nitrogens is 2. The van der Waals surface area contributed by atoms with Gasteiger partial charge < -0.3 is 10.0 Å². The summed E-state index contributed by atoms with van der Waals surface area (Å²) >= 11 is 0. The van der Waals surface area contributed by atoms with Crippen LogP contribution >= 0.6 is 0 Å². The third-order valence-corrected chi connectivity index (χ3v) is 6.79. The molecule has 0 saturated carbocycles. The van der Waals surface area contributed by atoms with Crippen LogP contribution in [0.15, 0.2) is 36.7 Å². The molecular weight excluding hydrogens is 399 g/mol. The van der Waals surface area contributed by atoms with Crippen molar-refractivity contribution in [2.24, 2.45) is 0 Å². The van der Waals surface area contributed by atoms with Crippen LogP contribution in [-0.4, -0.2) is 23.4 Å². The first-order chi connectivity index (χ1) is 13.5. The van der Waals surface area contributed by atoms with E-state index in [4.69, 9.17) is 0 Å². The third-order valence-electron chi connectivity index (χ3n) is 5.57. The minimum absolute atomic E-state index is 0. The maximum atomic E-state index is 12.7. The molecule has 0 unspecified atom stereocenters. The van der Waals surface area contributed by atoms with E-state index >= 15 is 0 Å². The summed E-state index contributed by atoms with van der Waals surface area (Å²) in [5.74, 6) is 0. The van der Waals surface area contributed by atoms with E-state index in [9.17, 15) is 13.2 Å². The average Bonchev–Trinajstić information content (AvgIpc) is 3.39. The topological polar surface area (TPSA) is 95.2 Å². The van der Waals surface area contributed by atoms with E-state index in [0.717, 1.165) is 59.3 Å². The summed E-state index contributed by atoms with van der Waals surface area (Å²) in [6.07, 6.45) is 8.86. The Morgan fingerprint density at radius 2 is 1.76 bits per heavy atom. The maximum absolute atomic E-state index is 12.7. The molecule has 5 rings (SSSR count). The molecule has 0 spiro atoms. The van der Waals surface area contributed by atoms with Crippen LogP contribution in [0, 0.1) is 0 Å². The van der Waals surface area contributed by atoms with Gasteiger partial charge in [-0.2, -0.15) is 0 Å². The molecule has 2 amide bonds. The molecule has 0 bridgehead atoms. The fourth-order valence-electron chi connectivity index (χ4n) is 4.39. The van der Waals surface area contributed by atoms with Crippen molar-refractivity contribution < 1.29 is 42.8 Å². The van der Waals surface area contributed by atoms with Crippen LogP contribution in [0.4, 0.5) is 10.5 Å². The van der Waals surface area contributed by atoms with Gasteiger partial charge in [0.25, 0.3) is 10.2 Å². The zero-order valence-electron chi connectivity index (χ0n) is 16.2. The number of urea groups is 1. The van der Waals surface area contributed by atoms with E-state index in [1.165, 1.54) is 17.3 Å². The molecule has 3 aromatic rings. The standard InChI is InChI=1S/C20H20N4O3S.Na/c25-20(23-28(26,27)24-11-9-17-18(24)8-3-10-21-17)22-19-15-6-1-4-13(15)12-14-5-2-7-16(14)19;/h3,8-12H,1-2,4-7H2,(H2,22,23,25);/q;+1/p-1. The molecule has 0 saturated heterocycles. The number of nitrogens with zero attached hydrogens (tertiary/aromatic N) is 3. The number of fused-ring (bicyclic) bond motifs is 3. The fourth-order valence-corrected chi connectivity index (χ4v) is 5.35. The zero-order valence-corrected chi connectivity index (χ0v) is 19.0. The number of anilines is 1. The molecule has 0 radical (unpaired) electrons. The summed E-state index contributed by atoms with van der Waals surface area (Å²) in [6, 6.07) is 6.25. The Bertz CT molecular complexity index is 1190. The molecule has 0 aliphatic heterocycles. The predicted molar refractivity (Wildman–Crippen MR) is 107 cm³/mol. The van der Waals surface area contributed by atoms with E-state index in [2.05, 4.69) is 21.1 Å². The van der Waals surface area contributed by atoms with E-state index in [0.29, 0.717) is 11.0 Å². The summed E-state index contributed by atoms with van der Waals surface area (Å²) < 4.78 is 29.9. The molecule has 2 heterocycles. The summed E-state index contributed by atoms with van der Waals surface area (Å²) in [5.41, 5.74) is 6.50. The summed E-state index contributed by atoms with van der Waals surface area (Å²) in [4.78, 5) is 16.7. The Morgan fingerprint density at radius 3 is 2.45 bits per heavy atom. The van der Waals surface area contributed by atoms with Gasteiger partial charge in [-0.1, -0.05) is 6.07 Å². The van der Waals surface area contributed by atoms with E-state index < -0.39 is 16.2 Å². The van der Waals surface area contributed by atoms with E-state index in [1.54, 1.807) is 24.4 Å².